The van der Waals surface area contributed by atoms with Crippen LogP contribution in [0.3, 0.4) is 0 Å². The van der Waals surface area contributed by atoms with E-state index in [-0.39, 0.29) is 5.91 Å². The number of rotatable bonds is 5. The number of hydrogen-bond acceptors (Lipinski definition) is 5. The minimum Gasteiger partial charge on any atom is -0.397 e. The van der Waals surface area contributed by atoms with Gasteiger partial charge in [0, 0.05) is 25.3 Å². The minimum atomic E-state index is -0.226. The average Bonchev–Trinajstić information content (AvgIpc) is 2.69. The van der Waals surface area contributed by atoms with Crippen molar-refractivity contribution < 1.29 is 4.79 Å². The lowest BCUT2D eigenvalue weighted by Gasteiger charge is -2.11. The third-order valence-corrected chi connectivity index (χ3v) is 3.99. The Hall–Kier alpha value is -3.67. The number of amides is 1. The maximum atomic E-state index is 12.3. The van der Waals surface area contributed by atoms with E-state index in [1.165, 1.54) is 0 Å². The number of nitrogen functional groups attached to an aromatic ring is 1. The van der Waals surface area contributed by atoms with Crippen molar-refractivity contribution in [2.45, 2.75) is 0 Å². The van der Waals surface area contributed by atoms with Crippen LogP contribution in [0.4, 0.5) is 28.4 Å². The fourth-order valence-corrected chi connectivity index (χ4v) is 2.42. The fourth-order valence-electron chi connectivity index (χ4n) is 2.42. The lowest BCUT2D eigenvalue weighted by Crippen LogP contribution is -2.12. The quantitative estimate of drug-likeness (QED) is 0.496. The molecule has 6 nitrogen and oxygen atoms in total. The Morgan fingerprint density at radius 2 is 1.41 bits per heavy atom. The van der Waals surface area contributed by atoms with Crippen LogP contribution in [0.1, 0.15) is 10.4 Å². The zero-order valence-corrected chi connectivity index (χ0v) is 15.3. The molecular formula is C21H21N5O. The number of nitrogens with one attached hydrogen (secondary N) is 1. The molecule has 0 radical (unpaired) electrons. The molecule has 3 aromatic carbocycles. The number of para-hydroxylation sites is 2. The van der Waals surface area contributed by atoms with Gasteiger partial charge in [-0.05, 0) is 60.7 Å². The molecule has 3 N–H and O–H groups in total. The molecule has 0 unspecified atom stereocenters. The lowest BCUT2D eigenvalue weighted by atomic mass is 10.2. The Labute approximate surface area is 158 Å². The van der Waals surface area contributed by atoms with Gasteiger partial charge < -0.3 is 16.0 Å². The van der Waals surface area contributed by atoms with Gasteiger partial charge in [-0.3, -0.25) is 4.79 Å². The van der Waals surface area contributed by atoms with Crippen LogP contribution < -0.4 is 16.0 Å². The highest BCUT2D eigenvalue weighted by atomic mass is 16.1. The monoisotopic (exact) mass is 359 g/mol. The standard InChI is InChI=1S/C21H21N5O/c1-26(2)18-13-11-17(12-14-18)25-24-16-9-7-15(8-10-16)21(27)23-20-6-4-3-5-19(20)22/h3-14H,22H2,1-2H3,(H,23,27). The molecule has 136 valence electrons. The first-order valence-electron chi connectivity index (χ1n) is 8.48. The second kappa shape index (κ2) is 8.14. The number of carbonyl (C=O) groups excluding carboxylic acids is 1. The number of anilines is 3. The van der Waals surface area contributed by atoms with Gasteiger partial charge in [-0.15, -0.1) is 0 Å². The molecule has 0 saturated heterocycles. The molecular weight excluding hydrogens is 338 g/mol. The van der Waals surface area contributed by atoms with Gasteiger partial charge in [0.25, 0.3) is 5.91 Å². The van der Waals surface area contributed by atoms with E-state index in [1.807, 2.05) is 55.4 Å². The van der Waals surface area contributed by atoms with Crippen LogP contribution in [-0.4, -0.2) is 20.0 Å². The van der Waals surface area contributed by atoms with E-state index in [2.05, 4.69) is 15.5 Å². The van der Waals surface area contributed by atoms with Crippen molar-refractivity contribution in [1.82, 2.24) is 0 Å². The van der Waals surface area contributed by atoms with Gasteiger partial charge in [-0.1, -0.05) is 12.1 Å². The summed E-state index contributed by atoms with van der Waals surface area (Å²) in [5.41, 5.74) is 10.0. The van der Waals surface area contributed by atoms with Crippen LogP contribution in [-0.2, 0) is 0 Å². The summed E-state index contributed by atoms with van der Waals surface area (Å²) in [6.07, 6.45) is 0. The number of nitrogens with zero attached hydrogens (tertiary/aromatic N) is 3. The third-order valence-electron chi connectivity index (χ3n) is 3.99. The molecule has 0 fully saturated rings. The maximum Gasteiger partial charge on any atom is 0.255 e. The number of hydrogen-bond donors (Lipinski definition) is 2. The molecule has 0 aliphatic heterocycles. The summed E-state index contributed by atoms with van der Waals surface area (Å²) in [4.78, 5) is 14.3. The van der Waals surface area contributed by atoms with Crippen molar-refractivity contribution in [3.05, 3.63) is 78.4 Å². The van der Waals surface area contributed by atoms with Crippen LogP contribution in [0.25, 0.3) is 0 Å². The molecule has 0 atom stereocenters. The Kier molecular flexibility index (Phi) is 5.47. The van der Waals surface area contributed by atoms with E-state index < -0.39 is 0 Å². The molecule has 0 saturated carbocycles. The summed E-state index contributed by atoms with van der Waals surface area (Å²) < 4.78 is 0. The summed E-state index contributed by atoms with van der Waals surface area (Å²) in [7, 11) is 3.97. The molecule has 3 aromatic rings. The first-order chi connectivity index (χ1) is 13.0. The van der Waals surface area contributed by atoms with Crippen molar-refractivity contribution in [2.75, 3.05) is 30.0 Å². The Morgan fingerprint density at radius 3 is 1.96 bits per heavy atom. The van der Waals surface area contributed by atoms with Gasteiger partial charge in [-0.2, -0.15) is 10.2 Å². The normalized spacial score (nSPS) is 10.7. The molecule has 1 amide bonds. The summed E-state index contributed by atoms with van der Waals surface area (Å²) in [5, 5.41) is 11.2. The highest BCUT2D eigenvalue weighted by Gasteiger charge is 2.07. The zero-order valence-electron chi connectivity index (χ0n) is 15.3. The van der Waals surface area contributed by atoms with Crippen LogP contribution >= 0.6 is 0 Å². The topological polar surface area (TPSA) is 83.1 Å². The Bertz CT molecular complexity index is 947. The number of carbonyl (C=O) groups is 1. The second-order valence-corrected chi connectivity index (χ2v) is 6.20. The second-order valence-electron chi connectivity index (χ2n) is 6.20. The first kappa shape index (κ1) is 18.1. The lowest BCUT2D eigenvalue weighted by molar-refractivity contribution is 0.102. The molecule has 0 aliphatic carbocycles. The van der Waals surface area contributed by atoms with Gasteiger partial charge in [0.05, 0.1) is 22.7 Å². The van der Waals surface area contributed by atoms with Crippen LogP contribution in [0.15, 0.2) is 83.0 Å². The SMILES string of the molecule is CN(C)c1ccc(N=Nc2ccc(C(=O)Nc3ccccc3N)cc2)cc1. The van der Waals surface area contributed by atoms with Crippen LogP contribution in [0, 0.1) is 0 Å². The predicted molar refractivity (Wildman–Crippen MR) is 110 cm³/mol. The van der Waals surface area contributed by atoms with E-state index in [1.54, 1.807) is 36.4 Å². The molecule has 0 aliphatic rings. The zero-order chi connectivity index (χ0) is 19.2. The van der Waals surface area contributed by atoms with E-state index in [4.69, 9.17) is 5.73 Å². The average molecular weight is 359 g/mol. The summed E-state index contributed by atoms with van der Waals surface area (Å²) in [5.74, 6) is -0.226. The van der Waals surface area contributed by atoms with Gasteiger partial charge in [0.15, 0.2) is 0 Å². The predicted octanol–water partition coefficient (Wildman–Crippen LogP) is 5.00. The Balaban J connectivity index is 1.66. The van der Waals surface area contributed by atoms with Gasteiger partial charge >= 0.3 is 0 Å². The van der Waals surface area contributed by atoms with Crippen molar-refractivity contribution in [3.63, 3.8) is 0 Å². The molecule has 0 bridgehead atoms. The maximum absolute atomic E-state index is 12.3. The number of azo groups is 1. The molecule has 0 aromatic heterocycles. The first-order valence-corrected chi connectivity index (χ1v) is 8.48. The van der Waals surface area contributed by atoms with Crippen molar-refractivity contribution in [3.8, 4) is 0 Å². The van der Waals surface area contributed by atoms with Crippen LogP contribution in [0.2, 0.25) is 0 Å². The van der Waals surface area contributed by atoms with E-state index in [0.717, 1.165) is 11.4 Å². The van der Waals surface area contributed by atoms with Crippen molar-refractivity contribution in [1.29, 1.82) is 0 Å². The summed E-state index contributed by atoms with van der Waals surface area (Å²) in [6.45, 7) is 0. The summed E-state index contributed by atoms with van der Waals surface area (Å²) >= 11 is 0. The molecule has 6 heteroatoms. The van der Waals surface area contributed by atoms with Gasteiger partial charge in [-0.25, -0.2) is 0 Å². The van der Waals surface area contributed by atoms with E-state index >= 15 is 0 Å². The number of benzene rings is 3. The van der Waals surface area contributed by atoms with E-state index in [0.29, 0.717) is 22.6 Å². The van der Waals surface area contributed by atoms with Gasteiger partial charge in [0.2, 0.25) is 0 Å². The molecule has 0 spiro atoms. The largest absolute Gasteiger partial charge is 0.397 e. The van der Waals surface area contributed by atoms with Gasteiger partial charge in [0.1, 0.15) is 0 Å². The molecule has 3 rings (SSSR count). The summed E-state index contributed by atoms with van der Waals surface area (Å²) in [6, 6.07) is 21.8. The van der Waals surface area contributed by atoms with E-state index in [9.17, 15) is 4.79 Å². The molecule has 27 heavy (non-hydrogen) atoms. The van der Waals surface area contributed by atoms with Crippen molar-refractivity contribution >= 4 is 34.3 Å². The van der Waals surface area contributed by atoms with Crippen molar-refractivity contribution in [2.24, 2.45) is 10.2 Å². The third kappa shape index (κ3) is 4.70. The smallest absolute Gasteiger partial charge is 0.255 e. The fraction of sp³-hybridized carbons (Fsp3) is 0.0952. The number of nitrogens with two attached hydrogens (primary N) is 1. The Morgan fingerprint density at radius 1 is 0.852 bits per heavy atom. The van der Waals surface area contributed by atoms with Crippen LogP contribution in [0.5, 0.6) is 0 Å². The minimum absolute atomic E-state index is 0.226. The highest BCUT2D eigenvalue weighted by Crippen LogP contribution is 2.22. The highest BCUT2D eigenvalue weighted by molar-refractivity contribution is 6.05. The molecule has 0 heterocycles.